The van der Waals surface area contributed by atoms with E-state index in [1.165, 1.54) is 11.3 Å². The molecule has 0 aliphatic heterocycles. The number of rotatable bonds is 4. The van der Waals surface area contributed by atoms with E-state index >= 15 is 0 Å². The summed E-state index contributed by atoms with van der Waals surface area (Å²) in [5, 5.41) is 10.4. The molecular weight excluding hydrogens is 330 g/mol. The number of thiocarbonyl (C=S) groups is 1. The summed E-state index contributed by atoms with van der Waals surface area (Å²) in [6.07, 6.45) is 0. The number of thiophene rings is 1. The van der Waals surface area contributed by atoms with E-state index in [-0.39, 0.29) is 22.8 Å². The first-order valence-corrected chi connectivity index (χ1v) is 8.31. The fraction of sp³-hybridized carbons (Fsp3) is 0.188. The van der Waals surface area contributed by atoms with Gasteiger partial charge in [-0.25, -0.2) is 0 Å². The van der Waals surface area contributed by atoms with Crippen LogP contribution in [-0.4, -0.2) is 16.9 Å². The molecule has 23 heavy (non-hydrogen) atoms. The summed E-state index contributed by atoms with van der Waals surface area (Å²) < 4.78 is 0. The molecule has 0 atom stereocenters. The third-order valence-corrected chi connectivity index (χ3v) is 3.98. The summed E-state index contributed by atoms with van der Waals surface area (Å²) in [5.74, 6) is -0.410. The zero-order chi connectivity index (χ0) is 16.8. The van der Waals surface area contributed by atoms with Crippen LogP contribution in [0.1, 0.15) is 23.5 Å². The topological polar surface area (TPSA) is 70.2 Å². The second-order valence-electron chi connectivity index (χ2n) is 5.11. The molecule has 0 fully saturated rings. The molecule has 120 valence electrons. The minimum Gasteiger partial charge on any atom is -0.332 e. The quantitative estimate of drug-likeness (QED) is 0.741. The van der Waals surface area contributed by atoms with Gasteiger partial charge in [0.2, 0.25) is 5.91 Å². The van der Waals surface area contributed by atoms with E-state index in [9.17, 15) is 9.59 Å². The van der Waals surface area contributed by atoms with Crippen molar-refractivity contribution >= 4 is 51.9 Å². The monoisotopic (exact) mass is 347 g/mol. The van der Waals surface area contributed by atoms with Gasteiger partial charge in [0.1, 0.15) is 0 Å². The van der Waals surface area contributed by atoms with Gasteiger partial charge in [0.05, 0.1) is 4.88 Å². The first-order valence-electron chi connectivity index (χ1n) is 7.02. The third kappa shape index (κ3) is 5.15. The Morgan fingerprint density at radius 2 is 1.65 bits per heavy atom. The predicted molar refractivity (Wildman–Crippen MR) is 97.9 cm³/mol. The molecule has 0 saturated heterocycles. The van der Waals surface area contributed by atoms with E-state index < -0.39 is 0 Å². The Labute approximate surface area is 144 Å². The molecule has 3 N–H and O–H groups in total. The molecule has 0 radical (unpaired) electrons. The molecule has 2 rings (SSSR count). The van der Waals surface area contributed by atoms with E-state index in [0.717, 1.165) is 5.69 Å². The van der Waals surface area contributed by atoms with Crippen molar-refractivity contribution in [2.45, 2.75) is 13.8 Å². The number of amides is 2. The van der Waals surface area contributed by atoms with E-state index in [2.05, 4.69) is 16.0 Å². The van der Waals surface area contributed by atoms with E-state index in [4.69, 9.17) is 12.2 Å². The summed E-state index contributed by atoms with van der Waals surface area (Å²) in [5.41, 5.74) is 1.42. The van der Waals surface area contributed by atoms with Crippen LogP contribution in [0.25, 0.3) is 0 Å². The molecule has 1 aromatic carbocycles. The van der Waals surface area contributed by atoms with Crippen molar-refractivity contribution in [1.82, 2.24) is 5.32 Å². The van der Waals surface area contributed by atoms with Gasteiger partial charge in [0.15, 0.2) is 5.11 Å². The number of benzene rings is 1. The van der Waals surface area contributed by atoms with E-state index in [0.29, 0.717) is 10.6 Å². The van der Waals surface area contributed by atoms with Gasteiger partial charge in [0.25, 0.3) is 5.91 Å². The molecule has 7 heteroatoms. The number of nitrogens with one attached hydrogen (secondary N) is 3. The predicted octanol–water partition coefficient (Wildman–Crippen LogP) is 3.47. The minimum absolute atomic E-state index is 0.135. The highest BCUT2D eigenvalue weighted by molar-refractivity contribution is 7.80. The molecule has 0 aliphatic rings. The Balaban J connectivity index is 1.90. The number of hydrogen-bond acceptors (Lipinski definition) is 4. The van der Waals surface area contributed by atoms with Crippen molar-refractivity contribution in [3.05, 3.63) is 46.7 Å². The van der Waals surface area contributed by atoms with Crippen LogP contribution in [0, 0.1) is 5.92 Å². The number of carbonyl (C=O) groups excluding carboxylic acids is 2. The van der Waals surface area contributed by atoms with E-state index in [1.807, 2.05) is 11.4 Å². The Morgan fingerprint density at radius 1 is 1.04 bits per heavy atom. The largest absolute Gasteiger partial charge is 0.332 e. The van der Waals surface area contributed by atoms with Crippen molar-refractivity contribution < 1.29 is 9.59 Å². The Hall–Kier alpha value is -2.25. The first kappa shape index (κ1) is 17.1. The second-order valence-corrected chi connectivity index (χ2v) is 6.46. The van der Waals surface area contributed by atoms with Gasteiger partial charge in [-0.2, -0.15) is 0 Å². The van der Waals surface area contributed by atoms with Crippen molar-refractivity contribution in [2.24, 2.45) is 5.92 Å². The molecule has 1 heterocycles. The van der Waals surface area contributed by atoms with Crippen LogP contribution in [0.4, 0.5) is 11.4 Å². The van der Waals surface area contributed by atoms with Crippen LogP contribution in [0.5, 0.6) is 0 Å². The standard InChI is InChI=1S/C16H17N3O2S2/c1-10(2)14(20)19-16(22)18-12-7-5-11(6-8-12)17-15(21)13-4-3-9-23-13/h3-10H,1-2H3,(H,17,21)(H2,18,19,20,22). The molecule has 0 bridgehead atoms. The summed E-state index contributed by atoms with van der Waals surface area (Å²) in [6, 6.07) is 10.7. The summed E-state index contributed by atoms with van der Waals surface area (Å²) in [6.45, 7) is 3.59. The van der Waals surface area contributed by atoms with Gasteiger partial charge in [-0.1, -0.05) is 19.9 Å². The lowest BCUT2D eigenvalue weighted by atomic mass is 10.2. The third-order valence-electron chi connectivity index (χ3n) is 2.91. The Morgan fingerprint density at radius 3 is 2.17 bits per heavy atom. The zero-order valence-electron chi connectivity index (χ0n) is 12.8. The first-order chi connectivity index (χ1) is 11.0. The van der Waals surface area contributed by atoms with Crippen LogP contribution in [0.15, 0.2) is 41.8 Å². The highest BCUT2D eigenvalue weighted by Gasteiger charge is 2.09. The normalized spacial score (nSPS) is 10.2. The second kappa shape index (κ2) is 7.85. The van der Waals surface area contributed by atoms with E-state index in [1.54, 1.807) is 44.2 Å². The molecule has 2 aromatic rings. The average Bonchev–Trinajstić information content (AvgIpc) is 3.03. The fourth-order valence-electron chi connectivity index (χ4n) is 1.66. The molecule has 0 saturated carbocycles. The highest BCUT2D eigenvalue weighted by Crippen LogP contribution is 2.16. The lowest BCUT2D eigenvalue weighted by Crippen LogP contribution is -2.36. The molecule has 0 unspecified atom stereocenters. The number of hydrogen-bond donors (Lipinski definition) is 3. The number of carbonyl (C=O) groups is 2. The highest BCUT2D eigenvalue weighted by atomic mass is 32.1. The maximum Gasteiger partial charge on any atom is 0.265 e. The fourth-order valence-corrected chi connectivity index (χ4v) is 2.49. The SMILES string of the molecule is CC(C)C(=O)NC(=S)Nc1ccc(NC(=O)c2cccs2)cc1. The lowest BCUT2D eigenvalue weighted by Gasteiger charge is -2.11. The molecule has 0 aliphatic carbocycles. The summed E-state index contributed by atoms with van der Waals surface area (Å²) >= 11 is 6.46. The summed E-state index contributed by atoms with van der Waals surface area (Å²) in [7, 11) is 0. The van der Waals surface area contributed by atoms with Crippen molar-refractivity contribution in [3.8, 4) is 0 Å². The van der Waals surface area contributed by atoms with Crippen LogP contribution in [0.2, 0.25) is 0 Å². The maximum atomic E-state index is 11.9. The van der Waals surface area contributed by atoms with Gasteiger partial charge >= 0.3 is 0 Å². The molecule has 2 amide bonds. The van der Waals surface area contributed by atoms with Gasteiger partial charge in [-0.15, -0.1) is 11.3 Å². The van der Waals surface area contributed by atoms with Gasteiger partial charge in [0, 0.05) is 17.3 Å². The van der Waals surface area contributed by atoms with Gasteiger partial charge < -0.3 is 16.0 Å². The van der Waals surface area contributed by atoms with Crippen molar-refractivity contribution in [2.75, 3.05) is 10.6 Å². The van der Waals surface area contributed by atoms with Crippen LogP contribution in [-0.2, 0) is 4.79 Å². The maximum absolute atomic E-state index is 11.9. The molecule has 0 spiro atoms. The molecular formula is C16H17N3O2S2. The van der Waals surface area contributed by atoms with Crippen molar-refractivity contribution in [3.63, 3.8) is 0 Å². The molecule has 1 aromatic heterocycles. The van der Waals surface area contributed by atoms with Crippen molar-refractivity contribution in [1.29, 1.82) is 0 Å². The Kier molecular flexibility index (Phi) is 5.84. The number of anilines is 2. The van der Waals surface area contributed by atoms with Crippen LogP contribution < -0.4 is 16.0 Å². The molecule has 5 nitrogen and oxygen atoms in total. The average molecular weight is 347 g/mol. The smallest absolute Gasteiger partial charge is 0.265 e. The van der Waals surface area contributed by atoms with Crippen LogP contribution >= 0.6 is 23.6 Å². The lowest BCUT2D eigenvalue weighted by molar-refractivity contribution is -0.122. The van der Waals surface area contributed by atoms with Gasteiger partial charge in [-0.05, 0) is 47.9 Å². The summed E-state index contributed by atoms with van der Waals surface area (Å²) in [4.78, 5) is 24.1. The Bertz CT molecular complexity index is 695. The van der Waals surface area contributed by atoms with Gasteiger partial charge in [-0.3, -0.25) is 9.59 Å². The zero-order valence-corrected chi connectivity index (χ0v) is 14.4. The minimum atomic E-state index is -0.138. The van der Waals surface area contributed by atoms with Crippen LogP contribution in [0.3, 0.4) is 0 Å².